The van der Waals surface area contributed by atoms with Crippen molar-refractivity contribution in [3.8, 4) is 0 Å². The molecule has 1 heterocycles. The first-order valence-corrected chi connectivity index (χ1v) is 6.79. The molecule has 3 N–H and O–H groups in total. The lowest BCUT2D eigenvalue weighted by atomic mass is 10.1. The van der Waals surface area contributed by atoms with Gasteiger partial charge in [-0.3, -0.25) is 9.59 Å². The zero-order valence-corrected chi connectivity index (χ0v) is 11.4. The van der Waals surface area contributed by atoms with Crippen LogP contribution >= 0.6 is 0 Å². The number of carbonyl (C=O) groups is 2. The van der Waals surface area contributed by atoms with Gasteiger partial charge in [0.2, 0.25) is 11.8 Å². The lowest BCUT2D eigenvalue weighted by Gasteiger charge is -2.30. The highest BCUT2D eigenvalue weighted by Gasteiger charge is 2.20. The van der Waals surface area contributed by atoms with Crippen molar-refractivity contribution in [2.75, 3.05) is 19.6 Å². The molecule has 0 aromatic heterocycles. The quantitative estimate of drug-likeness (QED) is 0.750. The van der Waals surface area contributed by atoms with Crippen LogP contribution < -0.4 is 11.1 Å². The van der Waals surface area contributed by atoms with E-state index in [1.807, 2.05) is 18.7 Å². The van der Waals surface area contributed by atoms with Crippen molar-refractivity contribution in [1.29, 1.82) is 0 Å². The lowest BCUT2D eigenvalue weighted by molar-refractivity contribution is -0.134. The number of nitrogens with two attached hydrogens (primary N) is 1. The minimum absolute atomic E-state index is 0.0363. The summed E-state index contributed by atoms with van der Waals surface area (Å²) in [6.45, 7) is 6.22. The van der Waals surface area contributed by atoms with E-state index in [-0.39, 0.29) is 24.3 Å². The molecule has 0 saturated carbocycles. The Bertz CT molecular complexity index is 284. The number of likely N-dealkylation sites (tertiary alicyclic amines) is 1. The molecule has 0 radical (unpaired) electrons. The number of carbonyl (C=O) groups excluding carboxylic acids is 2. The Morgan fingerprint density at radius 1 is 1.28 bits per heavy atom. The van der Waals surface area contributed by atoms with E-state index in [9.17, 15) is 9.59 Å². The normalized spacial score (nSPS) is 17.0. The zero-order chi connectivity index (χ0) is 13.5. The fourth-order valence-electron chi connectivity index (χ4n) is 1.93. The van der Waals surface area contributed by atoms with Gasteiger partial charge in [0, 0.05) is 38.5 Å². The van der Waals surface area contributed by atoms with E-state index in [2.05, 4.69) is 5.32 Å². The van der Waals surface area contributed by atoms with Gasteiger partial charge in [-0.2, -0.15) is 0 Å². The maximum atomic E-state index is 11.9. The van der Waals surface area contributed by atoms with Gasteiger partial charge in [-0.25, -0.2) is 0 Å². The Morgan fingerprint density at radius 2 is 1.89 bits per heavy atom. The topological polar surface area (TPSA) is 75.4 Å². The number of hydrogen-bond acceptors (Lipinski definition) is 3. The minimum Gasteiger partial charge on any atom is -0.356 e. The first kappa shape index (κ1) is 15.0. The van der Waals surface area contributed by atoms with Crippen LogP contribution in [0.2, 0.25) is 0 Å². The van der Waals surface area contributed by atoms with Gasteiger partial charge < -0.3 is 16.0 Å². The van der Waals surface area contributed by atoms with Crippen LogP contribution in [0.4, 0.5) is 0 Å². The van der Waals surface area contributed by atoms with Crippen molar-refractivity contribution >= 4 is 11.8 Å². The summed E-state index contributed by atoms with van der Waals surface area (Å²) in [5.41, 5.74) is 5.79. The predicted molar refractivity (Wildman–Crippen MR) is 70.9 cm³/mol. The third-order valence-corrected chi connectivity index (χ3v) is 3.17. The Kier molecular flexibility index (Phi) is 6.12. The van der Waals surface area contributed by atoms with Crippen LogP contribution in [-0.4, -0.2) is 42.4 Å². The summed E-state index contributed by atoms with van der Waals surface area (Å²) >= 11 is 0. The van der Waals surface area contributed by atoms with Gasteiger partial charge in [-0.1, -0.05) is 13.8 Å². The molecule has 0 unspecified atom stereocenters. The summed E-state index contributed by atoms with van der Waals surface area (Å²) in [6, 6.07) is 0.225. The summed E-state index contributed by atoms with van der Waals surface area (Å²) < 4.78 is 0. The molecule has 0 aliphatic carbocycles. The third-order valence-electron chi connectivity index (χ3n) is 3.17. The first-order chi connectivity index (χ1) is 8.49. The van der Waals surface area contributed by atoms with E-state index < -0.39 is 0 Å². The summed E-state index contributed by atoms with van der Waals surface area (Å²) in [5.74, 6) is 0.473. The molecule has 1 fully saturated rings. The van der Waals surface area contributed by atoms with Gasteiger partial charge in [0.1, 0.15) is 0 Å². The van der Waals surface area contributed by atoms with E-state index in [4.69, 9.17) is 5.73 Å². The SMILES string of the molecule is CC(C)CNC(=O)CCC(=O)N1CCC(N)CC1. The summed E-state index contributed by atoms with van der Waals surface area (Å²) in [4.78, 5) is 25.2. The summed E-state index contributed by atoms with van der Waals surface area (Å²) in [6.07, 6.45) is 2.32. The van der Waals surface area contributed by atoms with Gasteiger partial charge in [0.15, 0.2) is 0 Å². The number of amides is 2. The molecule has 0 aromatic rings. The van der Waals surface area contributed by atoms with Crippen molar-refractivity contribution in [2.24, 2.45) is 11.7 Å². The molecule has 1 rings (SSSR count). The van der Waals surface area contributed by atoms with Crippen molar-refractivity contribution < 1.29 is 9.59 Å². The standard InChI is InChI=1S/C13H25N3O2/c1-10(2)9-15-12(17)3-4-13(18)16-7-5-11(14)6-8-16/h10-11H,3-9,14H2,1-2H3,(H,15,17). The zero-order valence-electron chi connectivity index (χ0n) is 11.4. The highest BCUT2D eigenvalue weighted by atomic mass is 16.2. The molecule has 104 valence electrons. The average molecular weight is 255 g/mol. The Morgan fingerprint density at radius 3 is 2.44 bits per heavy atom. The number of rotatable bonds is 5. The lowest BCUT2D eigenvalue weighted by Crippen LogP contribution is -2.43. The second kappa shape index (κ2) is 7.36. The number of piperidine rings is 1. The van der Waals surface area contributed by atoms with Gasteiger partial charge >= 0.3 is 0 Å². The van der Waals surface area contributed by atoms with E-state index in [1.54, 1.807) is 0 Å². The molecular weight excluding hydrogens is 230 g/mol. The van der Waals surface area contributed by atoms with Crippen LogP contribution in [-0.2, 0) is 9.59 Å². The molecule has 0 atom stereocenters. The Labute approximate surface area is 109 Å². The third kappa shape index (κ3) is 5.49. The molecule has 0 aromatic carbocycles. The van der Waals surface area contributed by atoms with Crippen molar-refractivity contribution in [3.05, 3.63) is 0 Å². The largest absolute Gasteiger partial charge is 0.356 e. The number of hydrogen-bond donors (Lipinski definition) is 2. The maximum Gasteiger partial charge on any atom is 0.223 e. The van der Waals surface area contributed by atoms with E-state index >= 15 is 0 Å². The van der Waals surface area contributed by atoms with E-state index in [0.717, 1.165) is 25.9 Å². The van der Waals surface area contributed by atoms with E-state index in [0.29, 0.717) is 18.9 Å². The van der Waals surface area contributed by atoms with Gasteiger partial charge in [0.25, 0.3) is 0 Å². The van der Waals surface area contributed by atoms with Crippen molar-refractivity contribution in [1.82, 2.24) is 10.2 Å². The molecular formula is C13H25N3O2. The van der Waals surface area contributed by atoms with Crippen molar-refractivity contribution in [2.45, 2.75) is 45.6 Å². The summed E-state index contributed by atoms with van der Waals surface area (Å²) in [5, 5.41) is 2.82. The minimum atomic E-state index is -0.0363. The van der Waals surface area contributed by atoms with E-state index in [1.165, 1.54) is 0 Å². The number of nitrogens with zero attached hydrogens (tertiary/aromatic N) is 1. The second-order valence-corrected chi connectivity index (χ2v) is 5.42. The second-order valence-electron chi connectivity index (χ2n) is 5.42. The van der Waals surface area contributed by atoms with Gasteiger partial charge in [-0.15, -0.1) is 0 Å². The molecule has 2 amide bonds. The molecule has 5 nitrogen and oxygen atoms in total. The highest BCUT2D eigenvalue weighted by molar-refractivity contribution is 5.83. The maximum absolute atomic E-state index is 11.9. The highest BCUT2D eigenvalue weighted by Crippen LogP contribution is 2.10. The van der Waals surface area contributed by atoms with Crippen LogP contribution in [0.1, 0.15) is 39.5 Å². The Hall–Kier alpha value is -1.10. The van der Waals surface area contributed by atoms with Crippen LogP contribution in [0, 0.1) is 5.92 Å². The van der Waals surface area contributed by atoms with Crippen LogP contribution in [0.5, 0.6) is 0 Å². The average Bonchev–Trinajstić information content (AvgIpc) is 2.34. The summed E-state index contributed by atoms with van der Waals surface area (Å²) in [7, 11) is 0. The molecule has 1 aliphatic rings. The van der Waals surface area contributed by atoms with Gasteiger partial charge in [-0.05, 0) is 18.8 Å². The fraction of sp³-hybridized carbons (Fsp3) is 0.846. The van der Waals surface area contributed by atoms with Gasteiger partial charge in [0.05, 0.1) is 0 Å². The monoisotopic (exact) mass is 255 g/mol. The van der Waals surface area contributed by atoms with Crippen LogP contribution in [0.25, 0.3) is 0 Å². The molecule has 1 saturated heterocycles. The first-order valence-electron chi connectivity index (χ1n) is 6.79. The van der Waals surface area contributed by atoms with Crippen LogP contribution in [0.15, 0.2) is 0 Å². The predicted octanol–water partition coefficient (Wildman–Crippen LogP) is 0.489. The smallest absolute Gasteiger partial charge is 0.223 e. The molecule has 18 heavy (non-hydrogen) atoms. The molecule has 1 aliphatic heterocycles. The van der Waals surface area contributed by atoms with Crippen molar-refractivity contribution in [3.63, 3.8) is 0 Å². The number of nitrogens with one attached hydrogen (secondary N) is 1. The van der Waals surface area contributed by atoms with Crippen LogP contribution in [0.3, 0.4) is 0 Å². The Balaban J connectivity index is 2.18. The molecule has 5 heteroatoms. The molecule has 0 bridgehead atoms. The molecule has 0 spiro atoms. The fourth-order valence-corrected chi connectivity index (χ4v) is 1.93.